The Kier molecular flexibility index (Phi) is 4.00. The molecule has 0 aromatic carbocycles. The van der Waals surface area contributed by atoms with Crippen LogP contribution in [0.1, 0.15) is 17.3 Å². The van der Waals surface area contributed by atoms with E-state index in [0.717, 1.165) is 19.6 Å². The van der Waals surface area contributed by atoms with Crippen LogP contribution in [0.25, 0.3) is 0 Å². The molecule has 0 saturated heterocycles. The first kappa shape index (κ1) is 14.9. The molecule has 0 aliphatic carbocycles. The Bertz CT molecular complexity index is 796. The minimum atomic E-state index is 0.169. The van der Waals surface area contributed by atoms with Gasteiger partial charge in [0.05, 0.1) is 17.9 Å². The maximum atomic E-state index is 5.86. The van der Waals surface area contributed by atoms with E-state index in [1.54, 1.807) is 6.20 Å². The molecule has 0 radical (unpaired) electrons. The van der Waals surface area contributed by atoms with E-state index < -0.39 is 0 Å². The second kappa shape index (κ2) is 6.45. The molecule has 4 rings (SSSR count). The van der Waals surface area contributed by atoms with Crippen molar-refractivity contribution in [1.82, 2.24) is 29.4 Å². The van der Waals surface area contributed by atoms with Gasteiger partial charge in [-0.15, -0.1) is 0 Å². The Morgan fingerprint density at radius 1 is 1.21 bits per heavy atom. The maximum Gasteiger partial charge on any atom is 0.213 e. The highest BCUT2D eigenvalue weighted by molar-refractivity contribution is 5.11. The molecule has 0 amide bonds. The molecule has 0 saturated carbocycles. The summed E-state index contributed by atoms with van der Waals surface area (Å²) in [6.07, 6.45) is 7.58. The first-order chi connectivity index (χ1) is 11.8. The lowest BCUT2D eigenvalue weighted by Crippen LogP contribution is -2.39. The zero-order valence-electron chi connectivity index (χ0n) is 13.6. The lowest BCUT2D eigenvalue weighted by molar-refractivity contribution is 0.125. The second-order valence-corrected chi connectivity index (χ2v) is 6.09. The first-order valence-corrected chi connectivity index (χ1v) is 8.04. The topological polar surface area (TPSA) is 61.0 Å². The molecule has 124 valence electrons. The third-order valence-electron chi connectivity index (χ3n) is 4.18. The normalized spacial score (nSPS) is 17.6. The van der Waals surface area contributed by atoms with Crippen molar-refractivity contribution in [3.8, 4) is 5.88 Å². The van der Waals surface area contributed by atoms with Crippen molar-refractivity contribution < 1.29 is 4.74 Å². The Hall–Kier alpha value is -2.67. The van der Waals surface area contributed by atoms with Gasteiger partial charge in [-0.1, -0.05) is 6.07 Å². The number of aryl methyl sites for hydroxylation is 1. The average molecular weight is 324 g/mol. The maximum absolute atomic E-state index is 5.86. The van der Waals surface area contributed by atoms with Crippen LogP contribution in [0.3, 0.4) is 0 Å². The molecule has 3 aromatic rings. The van der Waals surface area contributed by atoms with Gasteiger partial charge in [-0.2, -0.15) is 10.2 Å². The summed E-state index contributed by atoms with van der Waals surface area (Å²) in [7, 11) is 1.94. The molecule has 7 nitrogen and oxygen atoms in total. The Morgan fingerprint density at radius 3 is 2.96 bits per heavy atom. The molecule has 7 heteroatoms. The van der Waals surface area contributed by atoms with Crippen LogP contribution < -0.4 is 4.74 Å². The van der Waals surface area contributed by atoms with Gasteiger partial charge in [0, 0.05) is 56.9 Å². The van der Waals surface area contributed by atoms with Crippen LogP contribution in [0.2, 0.25) is 0 Å². The third kappa shape index (κ3) is 3.16. The highest BCUT2D eigenvalue weighted by Crippen LogP contribution is 2.22. The highest BCUT2D eigenvalue weighted by atomic mass is 16.5. The summed E-state index contributed by atoms with van der Waals surface area (Å²) in [5, 5.41) is 8.72. The predicted octanol–water partition coefficient (Wildman–Crippen LogP) is 1.65. The molecule has 0 unspecified atom stereocenters. The van der Waals surface area contributed by atoms with E-state index in [1.165, 1.54) is 11.3 Å². The van der Waals surface area contributed by atoms with Crippen LogP contribution in [0.5, 0.6) is 5.88 Å². The van der Waals surface area contributed by atoms with Gasteiger partial charge in [0.25, 0.3) is 0 Å². The number of rotatable bonds is 5. The van der Waals surface area contributed by atoms with Gasteiger partial charge >= 0.3 is 0 Å². The van der Waals surface area contributed by atoms with Crippen molar-refractivity contribution in [2.24, 2.45) is 7.05 Å². The van der Waals surface area contributed by atoms with E-state index in [4.69, 9.17) is 4.74 Å². The minimum absolute atomic E-state index is 0.169. The molecular formula is C17H20N6O. The van der Waals surface area contributed by atoms with E-state index in [-0.39, 0.29) is 6.04 Å². The van der Waals surface area contributed by atoms with E-state index in [0.29, 0.717) is 12.5 Å². The van der Waals surface area contributed by atoms with E-state index in [9.17, 15) is 0 Å². The summed E-state index contributed by atoms with van der Waals surface area (Å²) in [4.78, 5) is 6.62. The van der Waals surface area contributed by atoms with Crippen LogP contribution in [0.15, 0.2) is 49.1 Å². The minimum Gasteiger partial charge on any atom is -0.475 e. The zero-order chi connectivity index (χ0) is 16.4. The van der Waals surface area contributed by atoms with Gasteiger partial charge in [0.15, 0.2) is 0 Å². The summed E-state index contributed by atoms with van der Waals surface area (Å²) < 4.78 is 9.77. The number of nitrogens with zero attached hydrogens (tertiary/aromatic N) is 6. The monoisotopic (exact) mass is 324 g/mol. The third-order valence-corrected chi connectivity index (χ3v) is 4.18. The second-order valence-electron chi connectivity index (χ2n) is 6.09. The molecule has 1 aliphatic heterocycles. The zero-order valence-corrected chi connectivity index (χ0v) is 13.6. The van der Waals surface area contributed by atoms with Crippen molar-refractivity contribution in [1.29, 1.82) is 0 Å². The van der Waals surface area contributed by atoms with E-state index in [1.807, 2.05) is 42.3 Å². The fourth-order valence-corrected chi connectivity index (χ4v) is 3.13. The van der Waals surface area contributed by atoms with Crippen molar-refractivity contribution in [2.45, 2.75) is 19.1 Å². The van der Waals surface area contributed by atoms with E-state index >= 15 is 0 Å². The van der Waals surface area contributed by atoms with Crippen molar-refractivity contribution in [3.05, 3.63) is 60.3 Å². The number of hydrogen-bond donors (Lipinski definition) is 0. The number of ether oxygens (including phenoxy) is 1. The number of fused-ring (bicyclic) bond motifs is 1. The summed E-state index contributed by atoms with van der Waals surface area (Å²) in [6.45, 7) is 3.19. The molecule has 0 fully saturated rings. The molecule has 24 heavy (non-hydrogen) atoms. The van der Waals surface area contributed by atoms with E-state index in [2.05, 4.69) is 37.0 Å². The van der Waals surface area contributed by atoms with Crippen molar-refractivity contribution >= 4 is 0 Å². The highest BCUT2D eigenvalue weighted by Gasteiger charge is 2.26. The van der Waals surface area contributed by atoms with Crippen molar-refractivity contribution in [2.75, 3.05) is 13.2 Å². The summed E-state index contributed by atoms with van der Waals surface area (Å²) >= 11 is 0. The average Bonchev–Trinajstić information content (AvgIpc) is 3.22. The number of hydrogen-bond acceptors (Lipinski definition) is 5. The SMILES string of the molecule is Cn1cc(CN2Cc3ccnn3[C@H](COc3ccccn3)C2)cn1. The Labute approximate surface area is 140 Å². The van der Waals surface area contributed by atoms with Gasteiger partial charge in [-0.25, -0.2) is 4.98 Å². The standard InChI is InChI=1S/C17H20N6O/c1-21-9-14(8-20-21)10-22-11-15-5-7-19-23(15)16(12-22)13-24-17-4-2-3-6-18-17/h2-9,16H,10-13H2,1H3/t16-/m0/s1. The van der Waals surface area contributed by atoms with Gasteiger partial charge < -0.3 is 4.74 Å². The predicted molar refractivity (Wildman–Crippen MR) is 88.3 cm³/mol. The molecule has 0 N–H and O–H groups in total. The Balaban J connectivity index is 1.46. The van der Waals surface area contributed by atoms with Crippen LogP contribution in [-0.2, 0) is 20.1 Å². The van der Waals surface area contributed by atoms with Crippen LogP contribution in [-0.4, -0.2) is 42.6 Å². The van der Waals surface area contributed by atoms with Crippen LogP contribution in [0, 0.1) is 0 Å². The van der Waals surface area contributed by atoms with Gasteiger partial charge in [0.2, 0.25) is 5.88 Å². The number of pyridine rings is 1. The van der Waals surface area contributed by atoms with Crippen LogP contribution >= 0.6 is 0 Å². The van der Waals surface area contributed by atoms with Gasteiger partial charge in [-0.05, 0) is 12.1 Å². The molecule has 0 bridgehead atoms. The summed E-state index contributed by atoms with van der Waals surface area (Å²) in [5.41, 5.74) is 2.43. The molecule has 4 heterocycles. The van der Waals surface area contributed by atoms with Gasteiger partial charge in [-0.3, -0.25) is 14.3 Å². The van der Waals surface area contributed by atoms with Crippen molar-refractivity contribution in [3.63, 3.8) is 0 Å². The summed E-state index contributed by atoms with van der Waals surface area (Å²) in [5.74, 6) is 0.649. The largest absolute Gasteiger partial charge is 0.475 e. The molecule has 3 aromatic heterocycles. The Morgan fingerprint density at radius 2 is 2.17 bits per heavy atom. The van der Waals surface area contributed by atoms with Crippen LogP contribution in [0.4, 0.5) is 0 Å². The molecular weight excluding hydrogens is 304 g/mol. The lowest BCUT2D eigenvalue weighted by Gasteiger charge is -2.33. The summed E-state index contributed by atoms with van der Waals surface area (Å²) in [6, 6.07) is 7.93. The molecule has 1 atom stereocenters. The smallest absolute Gasteiger partial charge is 0.213 e. The number of aromatic nitrogens is 5. The lowest BCUT2D eigenvalue weighted by atomic mass is 10.2. The van der Waals surface area contributed by atoms with Gasteiger partial charge in [0.1, 0.15) is 6.61 Å². The molecule has 0 spiro atoms. The fraction of sp³-hybridized carbons (Fsp3) is 0.353. The molecule has 1 aliphatic rings. The first-order valence-electron chi connectivity index (χ1n) is 8.04. The quantitative estimate of drug-likeness (QED) is 0.714. The fourth-order valence-electron chi connectivity index (χ4n) is 3.13.